The van der Waals surface area contributed by atoms with E-state index < -0.39 is 5.97 Å². The van der Waals surface area contributed by atoms with Gasteiger partial charge in [0.2, 0.25) is 0 Å². The largest absolute Gasteiger partial charge is 0.491 e. The van der Waals surface area contributed by atoms with Crippen molar-refractivity contribution in [2.45, 2.75) is 39.9 Å². The molecule has 4 nitrogen and oxygen atoms in total. The van der Waals surface area contributed by atoms with E-state index in [1.807, 2.05) is 58.0 Å². The van der Waals surface area contributed by atoms with Crippen LogP contribution >= 0.6 is 0 Å². The summed E-state index contributed by atoms with van der Waals surface area (Å²) in [6.45, 7) is 7.60. The van der Waals surface area contributed by atoms with Crippen LogP contribution in [0.25, 0.3) is 11.3 Å². The summed E-state index contributed by atoms with van der Waals surface area (Å²) in [5.41, 5.74) is 1.97. The van der Waals surface area contributed by atoms with Crippen LogP contribution in [0.15, 0.2) is 42.5 Å². The molecule has 0 unspecified atom stereocenters. The van der Waals surface area contributed by atoms with Gasteiger partial charge in [0.1, 0.15) is 11.4 Å². The van der Waals surface area contributed by atoms with Crippen LogP contribution in [0.2, 0.25) is 0 Å². The van der Waals surface area contributed by atoms with E-state index in [-0.39, 0.29) is 12.2 Å². The third-order valence-corrected chi connectivity index (χ3v) is 2.82. The van der Waals surface area contributed by atoms with E-state index >= 15 is 0 Å². The number of nitrogens with zero attached hydrogens (tertiary/aromatic N) is 1. The number of benzene rings is 1. The topological polar surface area (TPSA) is 48.4 Å². The average molecular weight is 299 g/mol. The number of ether oxygens (including phenoxy) is 2. The molecule has 0 spiro atoms. The summed E-state index contributed by atoms with van der Waals surface area (Å²) in [7, 11) is 0. The molecule has 0 N–H and O–H groups in total. The summed E-state index contributed by atoms with van der Waals surface area (Å²) in [6.07, 6.45) is -0.0245. The molecule has 0 aliphatic carbocycles. The first-order valence-corrected chi connectivity index (χ1v) is 7.41. The lowest BCUT2D eigenvalue weighted by Gasteiger charge is -2.10. The Kier molecular flexibility index (Phi) is 5.15. The maximum absolute atomic E-state index is 11.9. The summed E-state index contributed by atoms with van der Waals surface area (Å²) in [6, 6.07) is 13.0. The summed E-state index contributed by atoms with van der Waals surface area (Å²) in [5, 5.41) is 0. The van der Waals surface area contributed by atoms with Crippen LogP contribution < -0.4 is 4.74 Å². The van der Waals surface area contributed by atoms with Gasteiger partial charge >= 0.3 is 5.97 Å². The molecule has 0 bridgehead atoms. The highest BCUT2D eigenvalue weighted by Crippen LogP contribution is 2.22. The zero-order chi connectivity index (χ0) is 16.1. The van der Waals surface area contributed by atoms with Crippen LogP contribution in [0.5, 0.6) is 5.75 Å². The molecule has 0 radical (unpaired) electrons. The average Bonchev–Trinajstić information content (AvgIpc) is 2.47. The second kappa shape index (κ2) is 7.07. The smallest absolute Gasteiger partial charge is 0.357 e. The third-order valence-electron chi connectivity index (χ3n) is 2.82. The maximum Gasteiger partial charge on any atom is 0.357 e. The Morgan fingerprint density at radius 3 is 2.23 bits per heavy atom. The third kappa shape index (κ3) is 4.32. The molecule has 4 heteroatoms. The number of carbonyl (C=O) groups excluding carboxylic acids is 1. The van der Waals surface area contributed by atoms with Gasteiger partial charge in [0.25, 0.3) is 0 Å². The molecular formula is C18H21NO3. The fourth-order valence-electron chi connectivity index (χ4n) is 1.96. The summed E-state index contributed by atoms with van der Waals surface area (Å²) in [4.78, 5) is 16.3. The van der Waals surface area contributed by atoms with Crippen LogP contribution in [0.4, 0.5) is 0 Å². The standard InChI is InChI=1S/C18H21NO3/c1-12(2)21-15-10-8-14(9-11-15)16-6-5-7-17(19-16)18(20)22-13(3)4/h5-13H,1-4H3. The Hall–Kier alpha value is -2.36. The molecule has 0 saturated heterocycles. The molecule has 0 amide bonds. The Morgan fingerprint density at radius 2 is 1.64 bits per heavy atom. The van der Waals surface area contributed by atoms with Crippen molar-refractivity contribution >= 4 is 5.97 Å². The molecule has 0 fully saturated rings. The molecule has 116 valence electrons. The monoisotopic (exact) mass is 299 g/mol. The van der Waals surface area contributed by atoms with E-state index in [4.69, 9.17) is 9.47 Å². The Balaban J connectivity index is 2.20. The molecule has 0 aliphatic heterocycles. The van der Waals surface area contributed by atoms with Crippen molar-refractivity contribution in [3.8, 4) is 17.0 Å². The van der Waals surface area contributed by atoms with Gasteiger partial charge < -0.3 is 9.47 Å². The number of rotatable bonds is 5. The fourth-order valence-corrected chi connectivity index (χ4v) is 1.96. The summed E-state index contributed by atoms with van der Waals surface area (Å²) < 4.78 is 10.8. The summed E-state index contributed by atoms with van der Waals surface area (Å²) in [5.74, 6) is 0.408. The Labute approximate surface area is 131 Å². The number of hydrogen-bond donors (Lipinski definition) is 0. The van der Waals surface area contributed by atoms with Crippen LogP contribution in [-0.4, -0.2) is 23.2 Å². The number of pyridine rings is 1. The van der Waals surface area contributed by atoms with Gasteiger partial charge in [0, 0.05) is 5.56 Å². The molecule has 0 atom stereocenters. The number of carbonyl (C=O) groups is 1. The van der Waals surface area contributed by atoms with Crippen LogP contribution in [0, 0.1) is 0 Å². The van der Waals surface area contributed by atoms with Gasteiger partial charge in [0.15, 0.2) is 0 Å². The van der Waals surface area contributed by atoms with E-state index in [1.165, 1.54) is 0 Å². The van der Waals surface area contributed by atoms with Crippen LogP contribution in [0.1, 0.15) is 38.2 Å². The summed E-state index contributed by atoms with van der Waals surface area (Å²) >= 11 is 0. The van der Waals surface area contributed by atoms with Gasteiger partial charge in [0.05, 0.1) is 17.9 Å². The van der Waals surface area contributed by atoms with E-state index in [9.17, 15) is 4.79 Å². The van der Waals surface area contributed by atoms with Gasteiger partial charge in [-0.3, -0.25) is 0 Å². The number of hydrogen-bond acceptors (Lipinski definition) is 4. The number of aromatic nitrogens is 1. The highest BCUT2D eigenvalue weighted by atomic mass is 16.5. The molecule has 2 rings (SSSR count). The van der Waals surface area contributed by atoms with Gasteiger partial charge in [-0.25, -0.2) is 9.78 Å². The van der Waals surface area contributed by atoms with Gasteiger partial charge in [-0.05, 0) is 64.1 Å². The van der Waals surface area contributed by atoms with Gasteiger partial charge in [-0.2, -0.15) is 0 Å². The second-order valence-corrected chi connectivity index (χ2v) is 5.55. The first-order valence-electron chi connectivity index (χ1n) is 7.41. The minimum absolute atomic E-state index is 0.137. The molecule has 0 saturated carbocycles. The van der Waals surface area contributed by atoms with Crippen molar-refractivity contribution in [2.75, 3.05) is 0 Å². The lowest BCUT2D eigenvalue weighted by atomic mass is 10.1. The normalized spacial score (nSPS) is 10.8. The highest BCUT2D eigenvalue weighted by molar-refractivity contribution is 5.88. The minimum Gasteiger partial charge on any atom is -0.491 e. The van der Waals surface area contributed by atoms with Crippen molar-refractivity contribution in [1.29, 1.82) is 0 Å². The Bertz CT molecular complexity index is 633. The number of esters is 1. The zero-order valence-corrected chi connectivity index (χ0v) is 13.4. The van der Waals surface area contributed by atoms with Crippen molar-refractivity contribution in [1.82, 2.24) is 4.98 Å². The zero-order valence-electron chi connectivity index (χ0n) is 13.4. The maximum atomic E-state index is 11.9. The molecule has 1 heterocycles. The lowest BCUT2D eigenvalue weighted by molar-refractivity contribution is 0.0371. The highest BCUT2D eigenvalue weighted by Gasteiger charge is 2.12. The predicted molar refractivity (Wildman–Crippen MR) is 86.0 cm³/mol. The molecule has 0 aliphatic rings. The minimum atomic E-state index is -0.406. The van der Waals surface area contributed by atoms with Crippen molar-refractivity contribution in [3.05, 3.63) is 48.2 Å². The van der Waals surface area contributed by atoms with E-state index in [2.05, 4.69) is 4.98 Å². The first kappa shape index (κ1) is 16.0. The fraction of sp³-hybridized carbons (Fsp3) is 0.333. The van der Waals surface area contributed by atoms with Crippen LogP contribution in [-0.2, 0) is 4.74 Å². The molecule has 2 aromatic rings. The lowest BCUT2D eigenvalue weighted by Crippen LogP contribution is -2.13. The Morgan fingerprint density at radius 1 is 0.955 bits per heavy atom. The SMILES string of the molecule is CC(C)OC(=O)c1cccc(-c2ccc(OC(C)C)cc2)n1. The molecule has 1 aromatic carbocycles. The van der Waals surface area contributed by atoms with Crippen molar-refractivity contribution in [3.63, 3.8) is 0 Å². The van der Waals surface area contributed by atoms with Gasteiger partial charge in [-0.1, -0.05) is 6.07 Å². The predicted octanol–water partition coefficient (Wildman–Crippen LogP) is 4.10. The van der Waals surface area contributed by atoms with E-state index in [1.54, 1.807) is 12.1 Å². The van der Waals surface area contributed by atoms with Crippen molar-refractivity contribution in [2.24, 2.45) is 0 Å². The molecule has 22 heavy (non-hydrogen) atoms. The molecule has 1 aromatic heterocycles. The molecular weight excluding hydrogens is 278 g/mol. The van der Waals surface area contributed by atoms with E-state index in [0.29, 0.717) is 5.69 Å². The van der Waals surface area contributed by atoms with Crippen LogP contribution in [0.3, 0.4) is 0 Å². The quantitative estimate of drug-likeness (QED) is 0.780. The first-order chi connectivity index (χ1) is 10.5. The van der Waals surface area contributed by atoms with E-state index in [0.717, 1.165) is 17.0 Å². The second-order valence-electron chi connectivity index (χ2n) is 5.55. The van der Waals surface area contributed by atoms with Crippen molar-refractivity contribution < 1.29 is 14.3 Å². The van der Waals surface area contributed by atoms with Gasteiger partial charge in [-0.15, -0.1) is 0 Å².